The first kappa shape index (κ1) is 24.4. The summed E-state index contributed by atoms with van der Waals surface area (Å²) >= 11 is 2.16. The Morgan fingerprint density at radius 1 is 1.14 bits per heavy atom. The van der Waals surface area contributed by atoms with Crippen LogP contribution in [0.25, 0.3) is 6.08 Å². The Hall–Kier alpha value is -3.73. The Balaban J connectivity index is 1.59. The van der Waals surface area contributed by atoms with Crippen molar-refractivity contribution in [2.75, 3.05) is 7.11 Å². The van der Waals surface area contributed by atoms with Crippen molar-refractivity contribution in [1.29, 1.82) is 0 Å². The summed E-state index contributed by atoms with van der Waals surface area (Å²) < 4.78 is 17.7. The highest BCUT2D eigenvalue weighted by Crippen LogP contribution is 2.35. The molecule has 1 aliphatic rings. The smallest absolute Gasteiger partial charge is 0.363 e. The molecule has 0 fully saturated rings. The van der Waals surface area contributed by atoms with E-state index in [9.17, 15) is 14.9 Å². The van der Waals surface area contributed by atoms with Gasteiger partial charge >= 0.3 is 5.97 Å². The Labute approximate surface area is 215 Å². The van der Waals surface area contributed by atoms with Crippen LogP contribution in [0.2, 0.25) is 0 Å². The van der Waals surface area contributed by atoms with Crippen LogP contribution in [0.4, 0.5) is 5.69 Å². The monoisotopic (exact) mass is 584 g/mol. The molecule has 9 heteroatoms. The van der Waals surface area contributed by atoms with Gasteiger partial charge in [0.15, 0.2) is 17.2 Å². The van der Waals surface area contributed by atoms with Crippen LogP contribution in [0.3, 0.4) is 0 Å². The second-order valence-electron chi connectivity index (χ2n) is 7.91. The van der Waals surface area contributed by atoms with Crippen LogP contribution in [0.5, 0.6) is 11.5 Å². The molecule has 0 aliphatic carbocycles. The van der Waals surface area contributed by atoms with Gasteiger partial charge in [-0.05, 0) is 77.9 Å². The number of nitro groups is 1. The van der Waals surface area contributed by atoms with E-state index >= 15 is 0 Å². The largest absolute Gasteiger partial charge is 0.493 e. The van der Waals surface area contributed by atoms with E-state index in [-0.39, 0.29) is 17.3 Å². The number of aryl methyl sites for hydroxylation is 2. The van der Waals surface area contributed by atoms with Gasteiger partial charge in [0.1, 0.15) is 6.61 Å². The van der Waals surface area contributed by atoms with Crippen LogP contribution in [0.1, 0.15) is 27.8 Å². The summed E-state index contributed by atoms with van der Waals surface area (Å²) in [6.07, 6.45) is 1.60. The highest BCUT2D eigenvalue weighted by atomic mass is 127. The average molecular weight is 584 g/mol. The predicted molar refractivity (Wildman–Crippen MR) is 140 cm³/mol. The lowest BCUT2D eigenvalue weighted by molar-refractivity contribution is -0.385. The van der Waals surface area contributed by atoms with E-state index in [2.05, 4.69) is 33.6 Å². The number of hydrogen-bond acceptors (Lipinski definition) is 7. The number of esters is 1. The van der Waals surface area contributed by atoms with Crippen LogP contribution in [0.15, 0.2) is 65.3 Å². The predicted octanol–water partition coefficient (Wildman–Crippen LogP) is 5.75. The van der Waals surface area contributed by atoms with Gasteiger partial charge in [-0.25, -0.2) is 9.79 Å². The molecule has 0 bridgehead atoms. The number of halogens is 1. The fraction of sp³-hybridized carbons (Fsp3) is 0.154. The molecule has 0 amide bonds. The molecule has 3 aromatic carbocycles. The molecule has 0 saturated carbocycles. The lowest BCUT2D eigenvalue weighted by Crippen LogP contribution is -2.06. The first-order valence-corrected chi connectivity index (χ1v) is 11.7. The van der Waals surface area contributed by atoms with Crippen molar-refractivity contribution in [2.24, 2.45) is 4.99 Å². The fourth-order valence-electron chi connectivity index (χ4n) is 3.60. The van der Waals surface area contributed by atoms with Gasteiger partial charge in [0.25, 0.3) is 5.69 Å². The molecule has 0 unspecified atom stereocenters. The molecule has 1 aliphatic heterocycles. The fourth-order valence-corrected chi connectivity index (χ4v) is 4.39. The van der Waals surface area contributed by atoms with E-state index in [4.69, 9.17) is 14.2 Å². The van der Waals surface area contributed by atoms with Gasteiger partial charge in [-0.3, -0.25) is 10.1 Å². The maximum absolute atomic E-state index is 12.4. The number of nitrogens with zero attached hydrogens (tertiary/aromatic N) is 2. The highest BCUT2D eigenvalue weighted by Gasteiger charge is 2.25. The molecule has 0 N–H and O–H groups in total. The zero-order valence-corrected chi connectivity index (χ0v) is 21.4. The molecule has 178 valence electrons. The van der Waals surface area contributed by atoms with Crippen molar-refractivity contribution in [3.63, 3.8) is 0 Å². The van der Waals surface area contributed by atoms with E-state index in [0.717, 1.165) is 14.7 Å². The van der Waals surface area contributed by atoms with E-state index < -0.39 is 10.9 Å². The number of ether oxygens (including phenoxy) is 3. The summed E-state index contributed by atoms with van der Waals surface area (Å²) in [5.74, 6) is 0.623. The summed E-state index contributed by atoms with van der Waals surface area (Å²) in [7, 11) is 1.55. The van der Waals surface area contributed by atoms with Crippen LogP contribution in [0, 0.1) is 27.5 Å². The van der Waals surface area contributed by atoms with Crippen molar-refractivity contribution in [3.8, 4) is 11.5 Å². The number of nitro benzene ring substituents is 1. The molecule has 1 heterocycles. The molecular formula is C26H21IN2O6. The molecule has 0 spiro atoms. The third kappa shape index (κ3) is 5.51. The van der Waals surface area contributed by atoms with Gasteiger partial charge in [0.2, 0.25) is 5.90 Å². The van der Waals surface area contributed by atoms with Gasteiger partial charge in [0.05, 0.1) is 15.6 Å². The Morgan fingerprint density at radius 2 is 1.94 bits per heavy atom. The first-order valence-electron chi connectivity index (χ1n) is 10.6. The standard InChI is InChI=1S/C26H21IN2O6/c1-15-5-4-6-17(9-15)14-34-24-20(27)11-18(13-23(24)33-3)12-21-26(30)35-25(28-21)19-7-8-22(29(31)32)16(2)10-19/h4-13H,14H2,1-3H3/b21-12-. The summed E-state index contributed by atoms with van der Waals surface area (Å²) in [4.78, 5) is 27.3. The average Bonchev–Trinajstić information content (AvgIpc) is 3.17. The number of benzene rings is 3. The Bertz CT molecular complexity index is 1400. The van der Waals surface area contributed by atoms with Crippen LogP contribution in [-0.2, 0) is 16.1 Å². The van der Waals surface area contributed by atoms with Gasteiger partial charge in [-0.1, -0.05) is 29.8 Å². The molecule has 0 saturated heterocycles. The van der Waals surface area contributed by atoms with Crippen molar-refractivity contribution in [2.45, 2.75) is 20.5 Å². The van der Waals surface area contributed by atoms with Crippen molar-refractivity contribution in [3.05, 3.63) is 102 Å². The van der Waals surface area contributed by atoms with Gasteiger partial charge < -0.3 is 14.2 Å². The van der Waals surface area contributed by atoms with E-state index in [1.165, 1.54) is 12.1 Å². The van der Waals surface area contributed by atoms with Crippen molar-refractivity contribution in [1.82, 2.24) is 0 Å². The number of cyclic esters (lactones) is 1. The number of methoxy groups -OCH3 is 1. The van der Waals surface area contributed by atoms with Crippen LogP contribution in [-0.4, -0.2) is 23.9 Å². The van der Waals surface area contributed by atoms with Crippen molar-refractivity contribution >= 4 is 46.2 Å². The van der Waals surface area contributed by atoms with E-state index in [1.807, 2.05) is 31.2 Å². The number of hydrogen-bond donors (Lipinski definition) is 0. The lowest BCUT2D eigenvalue weighted by atomic mass is 10.1. The maximum Gasteiger partial charge on any atom is 0.363 e. The highest BCUT2D eigenvalue weighted by molar-refractivity contribution is 14.1. The topological polar surface area (TPSA) is 100 Å². The maximum atomic E-state index is 12.4. The van der Waals surface area contributed by atoms with E-state index in [0.29, 0.717) is 34.8 Å². The number of rotatable bonds is 7. The quantitative estimate of drug-likeness (QED) is 0.115. The molecule has 0 aromatic heterocycles. The number of carbonyl (C=O) groups is 1. The van der Waals surface area contributed by atoms with Gasteiger partial charge in [-0.15, -0.1) is 0 Å². The van der Waals surface area contributed by atoms with Gasteiger partial charge in [-0.2, -0.15) is 0 Å². The zero-order chi connectivity index (χ0) is 25.1. The van der Waals surface area contributed by atoms with Crippen LogP contribution >= 0.6 is 22.6 Å². The van der Waals surface area contributed by atoms with Gasteiger partial charge in [0, 0.05) is 17.2 Å². The second-order valence-corrected chi connectivity index (χ2v) is 9.07. The SMILES string of the molecule is COc1cc(/C=C2\N=C(c3ccc([N+](=O)[O-])c(C)c3)OC2=O)cc(I)c1OCc1cccc(C)c1. The molecule has 4 rings (SSSR count). The molecule has 8 nitrogen and oxygen atoms in total. The molecule has 35 heavy (non-hydrogen) atoms. The minimum absolute atomic E-state index is 0.0131. The normalized spacial score (nSPS) is 14.0. The number of carbonyl (C=O) groups excluding carboxylic acids is 1. The molecule has 3 aromatic rings. The van der Waals surface area contributed by atoms with Crippen LogP contribution < -0.4 is 9.47 Å². The zero-order valence-electron chi connectivity index (χ0n) is 19.2. The minimum Gasteiger partial charge on any atom is -0.493 e. The minimum atomic E-state index is -0.607. The van der Waals surface area contributed by atoms with E-state index in [1.54, 1.807) is 32.2 Å². The van der Waals surface area contributed by atoms with Crippen molar-refractivity contribution < 1.29 is 23.9 Å². The third-order valence-electron chi connectivity index (χ3n) is 5.28. The Kier molecular flexibility index (Phi) is 7.15. The lowest BCUT2D eigenvalue weighted by Gasteiger charge is -2.14. The molecule has 0 atom stereocenters. The second kappa shape index (κ2) is 10.3. The summed E-state index contributed by atoms with van der Waals surface area (Å²) in [5.41, 5.74) is 3.92. The summed E-state index contributed by atoms with van der Waals surface area (Å²) in [6.45, 7) is 4.04. The number of aliphatic imine (C=N–C) groups is 1. The molecular weight excluding hydrogens is 563 g/mol. The third-order valence-corrected chi connectivity index (χ3v) is 6.08. The summed E-state index contributed by atoms with van der Waals surface area (Å²) in [5, 5.41) is 11.1. The Morgan fingerprint density at radius 3 is 2.63 bits per heavy atom. The summed E-state index contributed by atoms with van der Waals surface area (Å²) in [6, 6.07) is 16.1. The molecule has 0 radical (unpaired) electrons. The first-order chi connectivity index (χ1) is 16.7.